The molecule has 0 aliphatic heterocycles. The Hall–Kier alpha value is -2.66. The standard InChI is InChI=1S/C18H18FNO3/c19-15-6-1-13(2-7-15)5-10-18(23)20-16(12-21)11-14-3-8-17(22)9-4-14/h1-10,16,21-22H,11-12H2,(H,20,23)/b10-5+/t16-/m0/s1. The van der Waals surface area contributed by atoms with Crippen molar-refractivity contribution in [3.05, 3.63) is 71.6 Å². The van der Waals surface area contributed by atoms with Gasteiger partial charge in [0.25, 0.3) is 0 Å². The lowest BCUT2D eigenvalue weighted by atomic mass is 10.1. The Morgan fingerprint density at radius 3 is 2.39 bits per heavy atom. The van der Waals surface area contributed by atoms with Gasteiger partial charge in [-0.3, -0.25) is 4.79 Å². The predicted molar refractivity (Wildman–Crippen MR) is 86.3 cm³/mol. The van der Waals surface area contributed by atoms with Crippen LogP contribution in [0, 0.1) is 5.82 Å². The van der Waals surface area contributed by atoms with Gasteiger partial charge in [0, 0.05) is 6.08 Å². The van der Waals surface area contributed by atoms with Crippen LogP contribution in [0.5, 0.6) is 5.75 Å². The summed E-state index contributed by atoms with van der Waals surface area (Å²) >= 11 is 0. The van der Waals surface area contributed by atoms with Crippen LogP contribution in [0.25, 0.3) is 6.08 Å². The third-order valence-corrected chi connectivity index (χ3v) is 3.28. The average molecular weight is 315 g/mol. The molecular weight excluding hydrogens is 297 g/mol. The molecule has 23 heavy (non-hydrogen) atoms. The number of phenolic OH excluding ortho intramolecular Hbond substituents is 1. The van der Waals surface area contributed by atoms with Crippen LogP contribution in [0.15, 0.2) is 54.6 Å². The smallest absolute Gasteiger partial charge is 0.244 e. The number of nitrogens with one attached hydrogen (secondary N) is 1. The average Bonchev–Trinajstić information content (AvgIpc) is 2.55. The number of carbonyl (C=O) groups excluding carboxylic acids is 1. The van der Waals surface area contributed by atoms with Crippen molar-refractivity contribution in [2.24, 2.45) is 0 Å². The fourth-order valence-electron chi connectivity index (χ4n) is 2.07. The Kier molecular flexibility index (Phi) is 5.88. The number of rotatable bonds is 6. The Morgan fingerprint density at radius 1 is 1.13 bits per heavy atom. The molecule has 0 heterocycles. The summed E-state index contributed by atoms with van der Waals surface area (Å²) in [5.74, 6) is -0.506. The summed E-state index contributed by atoms with van der Waals surface area (Å²) in [6.45, 7) is -0.197. The lowest BCUT2D eigenvalue weighted by Gasteiger charge is -2.15. The second-order valence-electron chi connectivity index (χ2n) is 5.14. The molecule has 0 saturated heterocycles. The van der Waals surface area contributed by atoms with Crippen LogP contribution >= 0.6 is 0 Å². The van der Waals surface area contributed by atoms with Crippen molar-refractivity contribution in [2.75, 3.05) is 6.61 Å². The first kappa shape index (κ1) is 16.7. The lowest BCUT2D eigenvalue weighted by molar-refractivity contribution is -0.117. The van der Waals surface area contributed by atoms with Gasteiger partial charge in [-0.05, 0) is 47.9 Å². The predicted octanol–water partition coefficient (Wildman–Crippen LogP) is 2.26. The van der Waals surface area contributed by atoms with Crippen molar-refractivity contribution in [3.8, 4) is 5.75 Å². The largest absolute Gasteiger partial charge is 0.508 e. The SMILES string of the molecule is O=C(/C=C/c1ccc(F)cc1)N[C@H](CO)Cc1ccc(O)cc1. The van der Waals surface area contributed by atoms with E-state index in [2.05, 4.69) is 5.32 Å². The molecule has 0 fully saturated rings. The van der Waals surface area contributed by atoms with Crippen molar-refractivity contribution >= 4 is 12.0 Å². The van der Waals surface area contributed by atoms with Gasteiger partial charge in [-0.1, -0.05) is 24.3 Å². The topological polar surface area (TPSA) is 69.6 Å². The summed E-state index contributed by atoms with van der Waals surface area (Å²) in [5, 5.41) is 21.3. The number of phenols is 1. The van der Waals surface area contributed by atoms with Crippen molar-refractivity contribution in [1.82, 2.24) is 5.32 Å². The van der Waals surface area contributed by atoms with E-state index in [4.69, 9.17) is 0 Å². The molecule has 0 unspecified atom stereocenters. The molecule has 0 aliphatic carbocycles. The van der Waals surface area contributed by atoms with Gasteiger partial charge in [-0.25, -0.2) is 4.39 Å². The monoisotopic (exact) mass is 315 g/mol. The van der Waals surface area contributed by atoms with Crippen molar-refractivity contribution in [2.45, 2.75) is 12.5 Å². The van der Waals surface area contributed by atoms with Crippen LogP contribution in [0.3, 0.4) is 0 Å². The summed E-state index contributed by atoms with van der Waals surface area (Å²) in [6, 6.07) is 11.9. The lowest BCUT2D eigenvalue weighted by Crippen LogP contribution is -2.38. The third-order valence-electron chi connectivity index (χ3n) is 3.28. The first-order valence-corrected chi connectivity index (χ1v) is 7.20. The van der Waals surface area contributed by atoms with Crippen molar-refractivity contribution in [1.29, 1.82) is 0 Å². The Balaban J connectivity index is 1.91. The maximum absolute atomic E-state index is 12.8. The molecule has 2 aromatic carbocycles. The maximum atomic E-state index is 12.8. The minimum absolute atomic E-state index is 0.167. The molecule has 2 rings (SSSR count). The number of halogens is 1. The molecule has 0 bridgehead atoms. The summed E-state index contributed by atoms with van der Waals surface area (Å²) in [7, 11) is 0. The number of carbonyl (C=O) groups is 1. The molecule has 0 saturated carbocycles. The number of amides is 1. The second-order valence-corrected chi connectivity index (χ2v) is 5.14. The molecule has 2 aromatic rings. The van der Waals surface area contributed by atoms with E-state index in [1.807, 2.05) is 0 Å². The number of aromatic hydroxyl groups is 1. The van der Waals surface area contributed by atoms with Crippen molar-refractivity contribution in [3.63, 3.8) is 0 Å². The van der Waals surface area contributed by atoms with Crippen LogP contribution < -0.4 is 5.32 Å². The van der Waals surface area contributed by atoms with E-state index < -0.39 is 6.04 Å². The molecule has 0 aromatic heterocycles. The molecule has 1 amide bonds. The van der Waals surface area contributed by atoms with Gasteiger partial charge in [0.05, 0.1) is 12.6 Å². The number of hydrogen-bond acceptors (Lipinski definition) is 3. The van der Waals surface area contributed by atoms with Gasteiger partial charge in [0.15, 0.2) is 0 Å². The molecule has 3 N–H and O–H groups in total. The Labute approximate surface area is 133 Å². The van der Waals surface area contributed by atoms with E-state index >= 15 is 0 Å². The van der Waals surface area contributed by atoms with E-state index in [0.717, 1.165) is 5.56 Å². The van der Waals surface area contributed by atoms with Gasteiger partial charge in [-0.2, -0.15) is 0 Å². The van der Waals surface area contributed by atoms with Crippen LogP contribution in [0.4, 0.5) is 4.39 Å². The highest BCUT2D eigenvalue weighted by Gasteiger charge is 2.10. The van der Waals surface area contributed by atoms with Gasteiger partial charge in [0.1, 0.15) is 11.6 Å². The quantitative estimate of drug-likeness (QED) is 0.716. The van der Waals surface area contributed by atoms with Crippen LogP contribution in [-0.2, 0) is 11.2 Å². The maximum Gasteiger partial charge on any atom is 0.244 e. The normalized spacial score (nSPS) is 12.3. The molecule has 0 radical (unpaired) electrons. The highest BCUT2D eigenvalue weighted by molar-refractivity contribution is 5.91. The van der Waals surface area contributed by atoms with E-state index in [-0.39, 0.29) is 24.1 Å². The Morgan fingerprint density at radius 2 is 1.78 bits per heavy atom. The minimum Gasteiger partial charge on any atom is -0.508 e. The third kappa shape index (κ3) is 5.56. The fourth-order valence-corrected chi connectivity index (χ4v) is 2.07. The number of benzene rings is 2. The van der Waals surface area contributed by atoms with Gasteiger partial charge < -0.3 is 15.5 Å². The summed E-state index contributed by atoms with van der Waals surface area (Å²) in [6.07, 6.45) is 3.36. The number of aliphatic hydroxyl groups is 1. The minimum atomic E-state index is -0.426. The first-order chi connectivity index (χ1) is 11.1. The van der Waals surface area contributed by atoms with Crippen LogP contribution in [-0.4, -0.2) is 28.8 Å². The molecule has 0 spiro atoms. The van der Waals surface area contributed by atoms with E-state index in [0.29, 0.717) is 12.0 Å². The molecule has 1 atom stereocenters. The fraction of sp³-hybridized carbons (Fsp3) is 0.167. The van der Waals surface area contributed by atoms with Gasteiger partial charge in [0.2, 0.25) is 5.91 Å². The Bertz CT molecular complexity index is 666. The summed E-state index contributed by atoms with van der Waals surface area (Å²) < 4.78 is 12.8. The van der Waals surface area contributed by atoms with Gasteiger partial charge in [-0.15, -0.1) is 0 Å². The second kappa shape index (κ2) is 8.10. The van der Waals surface area contributed by atoms with Crippen LogP contribution in [0.1, 0.15) is 11.1 Å². The zero-order chi connectivity index (χ0) is 16.7. The molecule has 120 valence electrons. The first-order valence-electron chi connectivity index (χ1n) is 7.20. The molecule has 5 heteroatoms. The highest BCUT2D eigenvalue weighted by Crippen LogP contribution is 2.11. The van der Waals surface area contributed by atoms with Gasteiger partial charge >= 0.3 is 0 Å². The molecular formula is C18H18FNO3. The molecule has 0 aliphatic rings. The van der Waals surface area contributed by atoms with E-state index in [1.54, 1.807) is 42.5 Å². The number of hydrogen-bond donors (Lipinski definition) is 3. The highest BCUT2D eigenvalue weighted by atomic mass is 19.1. The van der Waals surface area contributed by atoms with Crippen LogP contribution in [0.2, 0.25) is 0 Å². The summed E-state index contributed by atoms with van der Waals surface area (Å²) in [4.78, 5) is 11.9. The summed E-state index contributed by atoms with van der Waals surface area (Å²) in [5.41, 5.74) is 1.60. The molecule has 4 nitrogen and oxygen atoms in total. The van der Waals surface area contributed by atoms with Crippen molar-refractivity contribution < 1.29 is 19.4 Å². The number of aliphatic hydroxyl groups excluding tert-OH is 1. The zero-order valence-corrected chi connectivity index (χ0v) is 12.4. The van der Waals surface area contributed by atoms with E-state index in [9.17, 15) is 19.4 Å². The zero-order valence-electron chi connectivity index (χ0n) is 12.4. The van der Waals surface area contributed by atoms with E-state index in [1.165, 1.54) is 18.2 Å².